The molecule has 0 atom stereocenters. The molecule has 130 valence electrons. The SMILES string of the molecule is O=C(NCCO)c1ccc(-c2cc(C(F)(F)F)cc3[nH]ncc23)cn1. The Balaban J connectivity index is 2.01. The topological polar surface area (TPSA) is 90.9 Å². The summed E-state index contributed by atoms with van der Waals surface area (Å²) < 4.78 is 39.2. The number of fused-ring (bicyclic) bond motifs is 1. The highest BCUT2D eigenvalue weighted by Crippen LogP contribution is 2.36. The molecule has 3 aromatic rings. The zero-order valence-electron chi connectivity index (χ0n) is 12.8. The van der Waals surface area contributed by atoms with Gasteiger partial charge in [0.15, 0.2) is 0 Å². The smallest absolute Gasteiger partial charge is 0.395 e. The molecule has 3 N–H and O–H groups in total. The van der Waals surface area contributed by atoms with Crippen molar-refractivity contribution in [2.45, 2.75) is 6.18 Å². The third kappa shape index (κ3) is 3.45. The van der Waals surface area contributed by atoms with Crippen LogP contribution in [-0.2, 0) is 6.18 Å². The number of hydrogen-bond donors (Lipinski definition) is 3. The third-order valence-corrected chi connectivity index (χ3v) is 3.59. The number of carbonyl (C=O) groups excluding carboxylic acids is 1. The Morgan fingerprint density at radius 3 is 2.68 bits per heavy atom. The summed E-state index contributed by atoms with van der Waals surface area (Å²) in [7, 11) is 0. The number of pyridine rings is 1. The number of aliphatic hydroxyl groups excluding tert-OH is 1. The van der Waals surface area contributed by atoms with Crippen molar-refractivity contribution in [1.29, 1.82) is 0 Å². The number of rotatable bonds is 4. The van der Waals surface area contributed by atoms with Gasteiger partial charge in [-0.2, -0.15) is 18.3 Å². The first-order valence-corrected chi connectivity index (χ1v) is 7.30. The van der Waals surface area contributed by atoms with Crippen LogP contribution >= 0.6 is 0 Å². The Bertz CT molecular complexity index is 904. The second kappa shape index (κ2) is 6.52. The molecule has 0 aliphatic rings. The maximum absolute atomic E-state index is 13.1. The van der Waals surface area contributed by atoms with Crippen LogP contribution in [0, 0.1) is 0 Å². The molecule has 0 spiro atoms. The number of benzene rings is 1. The van der Waals surface area contributed by atoms with Crippen LogP contribution < -0.4 is 5.32 Å². The standard InChI is InChI=1S/C16H13F3N4O2/c17-16(18,19)10-5-11(12-8-22-23-14(12)6-10)9-1-2-13(21-7-9)15(25)20-3-4-24/h1-2,5-8,24H,3-4H2,(H,20,25)(H,22,23). The maximum atomic E-state index is 13.1. The van der Waals surface area contributed by atoms with Crippen molar-refractivity contribution in [2.24, 2.45) is 0 Å². The second-order valence-corrected chi connectivity index (χ2v) is 5.26. The highest BCUT2D eigenvalue weighted by atomic mass is 19.4. The number of aromatic nitrogens is 3. The molecule has 0 saturated heterocycles. The van der Waals surface area contributed by atoms with Crippen LogP contribution in [0.2, 0.25) is 0 Å². The van der Waals surface area contributed by atoms with Gasteiger partial charge in [-0.3, -0.25) is 14.9 Å². The Hall–Kier alpha value is -2.94. The number of carbonyl (C=O) groups is 1. The molecule has 0 saturated carbocycles. The van der Waals surface area contributed by atoms with Gasteiger partial charge in [-0.1, -0.05) is 6.07 Å². The number of alkyl halides is 3. The minimum Gasteiger partial charge on any atom is -0.395 e. The zero-order chi connectivity index (χ0) is 18.0. The van der Waals surface area contributed by atoms with E-state index in [2.05, 4.69) is 20.5 Å². The number of aliphatic hydroxyl groups is 1. The number of hydrogen-bond acceptors (Lipinski definition) is 4. The first-order chi connectivity index (χ1) is 11.9. The summed E-state index contributed by atoms with van der Waals surface area (Å²) in [5.74, 6) is -0.474. The van der Waals surface area contributed by atoms with E-state index in [1.54, 1.807) is 0 Å². The van der Waals surface area contributed by atoms with Crippen LogP contribution in [0.1, 0.15) is 16.1 Å². The molecule has 0 bridgehead atoms. The van der Waals surface area contributed by atoms with E-state index in [0.717, 1.165) is 12.1 Å². The second-order valence-electron chi connectivity index (χ2n) is 5.26. The molecule has 25 heavy (non-hydrogen) atoms. The van der Waals surface area contributed by atoms with Gasteiger partial charge in [0.25, 0.3) is 5.91 Å². The van der Waals surface area contributed by atoms with E-state index in [9.17, 15) is 18.0 Å². The van der Waals surface area contributed by atoms with E-state index >= 15 is 0 Å². The van der Waals surface area contributed by atoms with E-state index in [0.29, 0.717) is 16.5 Å². The van der Waals surface area contributed by atoms with E-state index in [1.807, 2.05) is 0 Å². The van der Waals surface area contributed by atoms with E-state index in [1.165, 1.54) is 24.5 Å². The van der Waals surface area contributed by atoms with Gasteiger partial charge in [-0.25, -0.2) is 0 Å². The lowest BCUT2D eigenvalue weighted by atomic mass is 10.00. The van der Waals surface area contributed by atoms with E-state index < -0.39 is 17.6 Å². The highest BCUT2D eigenvalue weighted by Gasteiger charge is 2.31. The van der Waals surface area contributed by atoms with Gasteiger partial charge in [-0.15, -0.1) is 0 Å². The van der Waals surface area contributed by atoms with Crippen molar-refractivity contribution in [2.75, 3.05) is 13.2 Å². The first kappa shape index (κ1) is 16.9. The summed E-state index contributed by atoms with van der Waals surface area (Å²) in [6.45, 7) is -0.113. The molecule has 0 unspecified atom stereocenters. The summed E-state index contributed by atoms with van der Waals surface area (Å²) in [4.78, 5) is 15.7. The Kier molecular flexibility index (Phi) is 4.41. The van der Waals surface area contributed by atoms with Gasteiger partial charge in [-0.05, 0) is 23.8 Å². The van der Waals surface area contributed by atoms with Crippen LogP contribution in [0.3, 0.4) is 0 Å². The quantitative estimate of drug-likeness (QED) is 0.674. The lowest BCUT2D eigenvalue weighted by Crippen LogP contribution is -2.27. The van der Waals surface area contributed by atoms with Crippen LogP contribution in [-0.4, -0.2) is 39.3 Å². The van der Waals surface area contributed by atoms with Gasteiger partial charge < -0.3 is 10.4 Å². The van der Waals surface area contributed by atoms with Crippen LogP contribution in [0.15, 0.2) is 36.7 Å². The molecule has 0 aliphatic carbocycles. The van der Waals surface area contributed by atoms with Crippen molar-refractivity contribution >= 4 is 16.8 Å². The van der Waals surface area contributed by atoms with Crippen molar-refractivity contribution in [3.05, 3.63) is 47.9 Å². The molecule has 9 heteroatoms. The van der Waals surface area contributed by atoms with Gasteiger partial charge >= 0.3 is 6.18 Å². The molecule has 2 aromatic heterocycles. The molecule has 2 heterocycles. The first-order valence-electron chi connectivity index (χ1n) is 7.30. The average Bonchev–Trinajstić information content (AvgIpc) is 3.07. The van der Waals surface area contributed by atoms with Gasteiger partial charge in [0.1, 0.15) is 5.69 Å². The van der Waals surface area contributed by atoms with Gasteiger partial charge in [0.2, 0.25) is 0 Å². The number of halogens is 3. The fourth-order valence-corrected chi connectivity index (χ4v) is 2.40. The largest absolute Gasteiger partial charge is 0.416 e. The van der Waals surface area contributed by atoms with Crippen molar-refractivity contribution in [3.63, 3.8) is 0 Å². The van der Waals surface area contributed by atoms with Crippen molar-refractivity contribution in [3.8, 4) is 11.1 Å². The minimum atomic E-state index is -4.49. The number of amides is 1. The monoisotopic (exact) mass is 350 g/mol. The minimum absolute atomic E-state index is 0.0888. The molecular formula is C16H13F3N4O2. The predicted molar refractivity (Wildman–Crippen MR) is 83.7 cm³/mol. The van der Waals surface area contributed by atoms with E-state index in [4.69, 9.17) is 5.11 Å². The lowest BCUT2D eigenvalue weighted by Gasteiger charge is -2.11. The number of nitrogens with zero attached hydrogens (tertiary/aromatic N) is 2. The molecular weight excluding hydrogens is 337 g/mol. The third-order valence-electron chi connectivity index (χ3n) is 3.59. The summed E-state index contributed by atoms with van der Waals surface area (Å²) in [6.07, 6.45) is -1.73. The van der Waals surface area contributed by atoms with Crippen LogP contribution in [0.25, 0.3) is 22.0 Å². The number of nitrogens with one attached hydrogen (secondary N) is 2. The van der Waals surface area contributed by atoms with Gasteiger partial charge in [0.05, 0.1) is 23.9 Å². The van der Waals surface area contributed by atoms with Crippen molar-refractivity contribution < 1.29 is 23.1 Å². The lowest BCUT2D eigenvalue weighted by molar-refractivity contribution is -0.137. The number of H-pyrrole nitrogens is 1. The molecule has 3 rings (SSSR count). The predicted octanol–water partition coefficient (Wildman–Crippen LogP) is 2.37. The maximum Gasteiger partial charge on any atom is 0.416 e. The zero-order valence-corrected chi connectivity index (χ0v) is 12.8. The summed E-state index contributed by atoms with van der Waals surface area (Å²) in [6, 6.07) is 4.95. The molecule has 0 radical (unpaired) electrons. The summed E-state index contributed by atoms with van der Waals surface area (Å²) in [5, 5.41) is 18.0. The van der Waals surface area contributed by atoms with Crippen LogP contribution in [0.5, 0.6) is 0 Å². The summed E-state index contributed by atoms with van der Waals surface area (Å²) in [5.41, 5.74) is 0.302. The summed E-state index contributed by atoms with van der Waals surface area (Å²) >= 11 is 0. The molecule has 1 amide bonds. The molecule has 0 aliphatic heterocycles. The molecule has 1 aromatic carbocycles. The highest BCUT2D eigenvalue weighted by molar-refractivity contribution is 5.96. The fraction of sp³-hybridized carbons (Fsp3) is 0.188. The number of aromatic amines is 1. The normalized spacial score (nSPS) is 11.7. The van der Waals surface area contributed by atoms with Crippen molar-refractivity contribution in [1.82, 2.24) is 20.5 Å². The van der Waals surface area contributed by atoms with Crippen LogP contribution in [0.4, 0.5) is 13.2 Å². The molecule has 6 nitrogen and oxygen atoms in total. The van der Waals surface area contributed by atoms with Gasteiger partial charge in [0, 0.05) is 23.7 Å². The Morgan fingerprint density at radius 1 is 1.24 bits per heavy atom. The Morgan fingerprint density at radius 2 is 2.04 bits per heavy atom. The van der Waals surface area contributed by atoms with E-state index in [-0.39, 0.29) is 24.4 Å². The fourth-order valence-electron chi connectivity index (χ4n) is 2.40. The average molecular weight is 350 g/mol. The Labute approximate surface area is 139 Å². The molecule has 0 fully saturated rings.